The molecule has 0 N–H and O–H groups in total. The van der Waals surface area contributed by atoms with E-state index in [0.29, 0.717) is 5.56 Å². The first-order valence-corrected chi connectivity index (χ1v) is 6.55. The Bertz CT molecular complexity index is 831. The van der Waals surface area contributed by atoms with Crippen molar-refractivity contribution in [3.63, 3.8) is 0 Å². The Hall–Kier alpha value is -2.28. The van der Waals surface area contributed by atoms with Gasteiger partial charge in [0.25, 0.3) is 0 Å². The quantitative estimate of drug-likeness (QED) is 0.712. The van der Waals surface area contributed by atoms with Crippen molar-refractivity contribution in [3.05, 3.63) is 47.2 Å². The summed E-state index contributed by atoms with van der Waals surface area (Å²) in [6, 6.07) is 9.40. The van der Waals surface area contributed by atoms with Crippen LogP contribution in [0.5, 0.6) is 5.75 Å². The van der Waals surface area contributed by atoms with Crippen molar-refractivity contribution in [2.45, 2.75) is 6.18 Å². The summed E-state index contributed by atoms with van der Waals surface area (Å²) in [6.45, 7) is 0. The van der Waals surface area contributed by atoms with Gasteiger partial charge in [0.05, 0.1) is 7.11 Å². The van der Waals surface area contributed by atoms with E-state index in [4.69, 9.17) is 16.3 Å². The number of alkyl halides is 3. The first-order valence-electron chi connectivity index (χ1n) is 6.17. The van der Waals surface area contributed by atoms with E-state index in [1.54, 1.807) is 30.3 Å². The van der Waals surface area contributed by atoms with Crippen molar-refractivity contribution in [1.82, 2.24) is 14.6 Å². The molecule has 4 nitrogen and oxygen atoms in total. The van der Waals surface area contributed by atoms with Crippen LogP contribution in [0.25, 0.3) is 16.9 Å². The predicted octanol–water partition coefficient (Wildman–Crippen LogP) is 4.08. The zero-order valence-electron chi connectivity index (χ0n) is 11.2. The van der Waals surface area contributed by atoms with Crippen molar-refractivity contribution >= 4 is 17.2 Å². The number of hydrogen-bond donors (Lipinski definition) is 0. The topological polar surface area (TPSA) is 39.4 Å². The molecule has 22 heavy (non-hydrogen) atoms. The van der Waals surface area contributed by atoms with Crippen LogP contribution in [0.2, 0.25) is 5.15 Å². The van der Waals surface area contributed by atoms with Crippen LogP contribution in [0.15, 0.2) is 36.4 Å². The fraction of sp³-hybridized carbons (Fsp3) is 0.143. The van der Waals surface area contributed by atoms with Crippen molar-refractivity contribution < 1.29 is 17.9 Å². The molecule has 0 bridgehead atoms. The number of imidazole rings is 1. The molecule has 114 valence electrons. The van der Waals surface area contributed by atoms with Crippen molar-refractivity contribution in [1.29, 1.82) is 0 Å². The molecule has 0 aliphatic carbocycles. The number of halogens is 4. The lowest BCUT2D eigenvalue weighted by molar-refractivity contribution is -0.140. The zero-order valence-corrected chi connectivity index (χ0v) is 12.0. The van der Waals surface area contributed by atoms with Crippen LogP contribution in [0, 0.1) is 0 Å². The Labute approximate surface area is 128 Å². The summed E-state index contributed by atoms with van der Waals surface area (Å²) in [5.74, 6) is 0.118. The van der Waals surface area contributed by atoms with E-state index in [9.17, 15) is 13.2 Å². The fourth-order valence-electron chi connectivity index (χ4n) is 2.17. The van der Waals surface area contributed by atoms with E-state index in [1.807, 2.05) is 0 Å². The maximum atomic E-state index is 13.3. The Balaban J connectivity index is 2.44. The Morgan fingerprint density at radius 1 is 1.18 bits per heavy atom. The van der Waals surface area contributed by atoms with E-state index in [1.165, 1.54) is 13.2 Å². The van der Waals surface area contributed by atoms with Gasteiger partial charge in [-0.25, -0.2) is 9.50 Å². The summed E-state index contributed by atoms with van der Waals surface area (Å²) >= 11 is 5.86. The molecule has 0 amide bonds. The number of hydrogen-bond acceptors (Lipinski definition) is 3. The van der Waals surface area contributed by atoms with Crippen LogP contribution >= 0.6 is 11.6 Å². The molecule has 3 rings (SSSR count). The van der Waals surface area contributed by atoms with Gasteiger partial charge in [-0.2, -0.15) is 18.3 Å². The molecule has 8 heteroatoms. The largest absolute Gasteiger partial charge is 0.493 e. The van der Waals surface area contributed by atoms with E-state index in [-0.39, 0.29) is 22.2 Å². The number of ether oxygens (including phenoxy) is 1. The molecule has 0 spiro atoms. The van der Waals surface area contributed by atoms with Crippen LogP contribution in [0.1, 0.15) is 5.69 Å². The van der Waals surface area contributed by atoms with Crippen LogP contribution in [0.3, 0.4) is 0 Å². The van der Waals surface area contributed by atoms with Gasteiger partial charge < -0.3 is 4.74 Å². The lowest BCUT2D eigenvalue weighted by Crippen LogP contribution is -2.08. The molecular formula is C14H9ClF3N3O. The Morgan fingerprint density at radius 2 is 1.86 bits per heavy atom. The third-order valence-electron chi connectivity index (χ3n) is 3.06. The van der Waals surface area contributed by atoms with Gasteiger partial charge >= 0.3 is 6.18 Å². The van der Waals surface area contributed by atoms with Gasteiger partial charge in [0, 0.05) is 11.6 Å². The molecule has 0 saturated carbocycles. The number of methoxy groups -OCH3 is 1. The second kappa shape index (κ2) is 5.17. The maximum Gasteiger partial charge on any atom is 0.435 e. The van der Waals surface area contributed by atoms with E-state index >= 15 is 0 Å². The Morgan fingerprint density at radius 3 is 2.45 bits per heavy atom. The number of benzene rings is 1. The predicted molar refractivity (Wildman–Crippen MR) is 75.0 cm³/mol. The SMILES string of the molecule is COc1cc(Cl)nn2c(-c3ccccc3)c(C(F)(F)F)nc12. The molecule has 0 unspecified atom stereocenters. The molecule has 2 heterocycles. The second-order valence-electron chi connectivity index (χ2n) is 4.44. The first kappa shape index (κ1) is 14.6. The summed E-state index contributed by atoms with van der Waals surface area (Å²) in [7, 11) is 1.33. The minimum Gasteiger partial charge on any atom is -0.493 e. The normalized spacial score (nSPS) is 11.9. The fourth-order valence-corrected chi connectivity index (χ4v) is 2.34. The minimum absolute atomic E-state index is 0.00709. The number of nitrogens with zero attached hydrogens (tertiary/aromatic N) is 3. The lowest BCUT2D eigenvalue weighted by atomic mass is 10.1. The zero-order chi connectivity index (χ0) is 15.9. The van der Waals surface area contributed by atoms with Crippen LogP contribution < -0.4 is 4.74 Å². The summed E-state index contributed by atoms with van der Waals surface area (Å²) in [5, 5.41) is 3.94. The lowest BCUT2D eigenvalue weighted by Gasteiger charge is -2.07. The molecule has 2 aromatic heterocycles. The summed E-state index contributed by atoms with van der Waals surface area (Å²) < 4.78 is 46.1. The van der Waals surface area contributed by atoms with Crippen LogP contribution in [0.4, 0.5) is 13.2 Å². The standard InChI is InChI=1S/C14H9ClF3N3O/c1-22-9-7-10(15)20-21-11(8-5-3-2-4-6-8)12(14(16,17)18)19-13(9)21/h2-7H,1H3. The molecule has 3 aromatic rings. The van der Waals surface area contributed by atoms with Gasteiger partial charge in [0.15, 0.2) is 22.2 Å². The van der Waals surface area contributed by atoms with Crippen LogP contribution in [-0.4, -0.2) is 21.7 Å². The molecule has 0 fully saturated rings. The second-order valence-corrected chi connectivity index (χ2v) is 4.83. The van der Waals surface area contributed by atoms with Gasteiger partial charge in [-0.15, -0.1) is 0 Å². The first-order chi connectivity index (χ1) is 10.4. The number of aromatic nitrogens is 3. The highest BCUT2D eigenvalue weighted by Crippen LogP contribution is 2.38. The van der Waals surface area contributed by atoms with Gasteiger partial charge in [-0.1, -0.05) is 41.9 Å². The maximum absolute atomic E-state index is 13.3. The van der Waals surface area contributed by atoms with E-state index < -0.39 is 11.9 Å². The molecule has 0 atom stereocenters. The molecule has 0 radical (unpaired) electrons. The molecular weight excluding hydrogens is 319 g/mol. The van der Waals surface area contributed by atoms with Crippen molar-refractivity contribution in [2.75, 3.05) is 7.11 Å². The highest BCUT2D eigenvalue weighted by molar-refractivity contribution is 6.29. The third kappa shape index (κ3) is 2.37. The molecule has 0 aliphatic rings. The van der Waals surface area contributed by atoms with E-state index in [0.717, 1.165) is 4.52 Å². The summed E-state index contributed by atoms with van der Waals surface area (Å²) in [6.07, 6.45) is -4.63. The Kier molecular flexibility index (Phi) is 3.44. The van der Waals surface area contributed by atoms with Crippen molar-refractivity contribution in [2.24, 2.45) is 0 Å². The average Bonchev–Trinajstić information content (AvgIpc) is 2.86. The van der Waals surface area contributed by atoms with Gasteiger partial charge in [0.2, 0.25) is 0 Å². The average molecular weight is 328 g/mol. The number of rotatable bonds is 2. The van der Waals surface area contributed by atoms with Gasteiger partial charge in [-0.05, 0) is 0 Å². The minimum atomic E-state index is -4.63. The monoisotopic (exact) mass is 327 g/mol. The molecule has 1 aromatic carbocycles. The highest BCUT2D eigenvalue weighted by atomic mass is 35.5. The molecule has 0 aliphatic heterocycles. The third-order valence-corrected chi connectivity index (χ3v) is 3.24. The van der Waals surface area contributed by atoms with Crippen LogP contribution in [-0.2, 0) is 6.18 Å². The van der Waals surface area contributed by atoms with Gasteiger partial charge in [0.1, 0.15) is 5.69 Å². The van der Waals surface area contributed by atoms with Gasteiger partial charge in [-0.3, -0.25) is 0 Å². The molecule has 0 saturated heterocycles. The smallest absolute Gasteiger partial charge is 0.435 e. The van der Waals surface area contributed by atoms with Crippen molar-refractivity contribution in [3.8, 4) is 17.0 Å². The van der Waals surface area contributed by atoms with E-state index in [2.05, 4.69) is 10.1 Å². The number of fused-ring (bicyclic) bond motifs is 1. The highest BCUT2D eigenvalue weighted by Gasteiger charge is 2.39. The summed E-state index contributed by atoms with van der Waals surface area (Å²) in [4.78, 5) is 3.66. The summed E-state index contributed by atoms with van der Waals surface area (Å²) in [5.41, 5.74) is -0.923.